The Balaban J connectivity index is 1.44. The standard InChI is InChI=1S/C25H23ClN2O5S/c1-31-21-12-18(6-7-20(21)33-14-25(30)8-10-32-11-9-25)28-15-27-19-13-22(34-23(19)24(28)29)16-2-4-17(26)5-3-16/h2-7,12-13,15,30H,8-11,14H2,1H3. The Bertz CT molecular complexity index is 1380. The van der Waals surface area contributed by atoms with Crippen LogP contribution in [0, 0.1) is 0 Å². The van der Waals surface area contributed by atoms with E-state index in [9.17, 15) is 9.90 Å². The molecule has 1 aliphatic heterocycles. The van der Waals surface area contributed by atoms with Gasteiger partial charge in [0.05, 0.1) is 18.3 Å². The van der Waals surface area contributed by atoms with Gasteiger partial charge in [-0.25, -0.2) is 4.98 Å². The zero-order valence-corrected chi connectivity index (χ0v) is 20.1. The van der Waals surface area contributed by atoms with Crippen LogP contribution in [0.3, 0.4) is 0 Å². The number of rotatable bonds is 6. The van der Waals surface area contributed by atoms with E-state index >= 15 is 0 Å². The van der Waals surface area contributed by atoms with Crippen LogP contribution in [0.2, 0.25) is 5.02 Å². The minimum Gasteiger partial charge on any atom is -0.493 e. The van der Waals surface area contributed by atoms with E-state index in [4.69, 9.17) is 25.8 Å². The van der Waals surface area contributed by atoms with E-state index in [1.54, 1.807) is 18.2 Å². The summed E-state index contributed by atoms with van der Waals surface area (Å²) in [6.45, 7) is 1.16. The van der Waals surface area contributed by atoms with Crippen molar-refractivity contribution in [1.82, 2.24) is 9.55 Å². The summed E-state index contributed by atoms with van der Waals surface area (Å²) in [7, 11) is 1.54. The predicted molar refractivity (Wildman–Crippen MR) is 133 cm³/mol. The second-order valence-corrected chi connectivity index (χ2v) is 9.70. The van der Waals surface area contributed by atoms with Crippen molar-refractivity contribution in [2.75, 3.05) is 26.9 Å². The van der Waals surface area contributed by atoms with Crippen LogP contribution in [0.5, 0.6) is 11.5 Å². The minimum atomic E-state index is -0.922. The van der Waals surface area contributed by atoms with Crippen molar-refractivity contribution >= 4 is 33.2 Å². The fraction of sp³-hybridized carbons (Fsp3) is 0.280. The van der Waals surface area contributed by atoms with E-state index in [2.05, 4.69) is 4.98 Å². The molecular formula is C25H23ClN2O5S. The molecule has 34 heavy (non-hydrogen) atoms. The molecule has 5 rings (SSSR count). The molecule has 4 aromatic rings. The zero-order chi connectivity index (χ0) is 23.7. The van der Waals surface area contributed by atoms with Crippen LogP contribution in [0.4, 0.5) is 0 Å². The van der Waals surface area contributed by atoms with Crippen molar-refractivity contribution in [2.45, 2.75) is 18.4 Å². The Labute approximate surface area is 205 Å². The monoisotopic (exact) mass is 498 g/mol. The highest BCUT2D eigenvalue weighted by Crippen LogP contribution is 2.33. The lowest BCUT2D eigenvalue weighted by molar-refractivity contribution is -0.0858. The number of aromatic nitrogens is 2. The van der Waals surface area contributed by atoms with Gasteiger partial charge in [0.1, 0.15) is 23.2 Å². The quantitative estimate of drug-likeness (QED) is 0.415. The first kappa shape index (κ1) is 22.9. The summed E-state index contributed by atoms with van der Waals surface area (Å²) >= 11 is 7.39. The second-order valence-electron chi connectivity index (χ2n) is 8.21. The van der Waals surface area contributed by atoms with E-state index < -0.39 is 5.60 Å². The lowest BCUT2D eigenvalue weighted by Gasteiger charge is -2.31. The molecule has 2 aromatic carbocycles. The summed E-state index contributed by atoms with van der Waals surface area (Å²) in [4.78, 5) is 18.7. The highest BCUT2D eigenvalue weighted by atomic mass is 35.5. The Morgan fingerprint density at radius 1 is 1.15 bits per heavy atom. The number of fused-ring (bicyclic) bond motifs is 1. The Morgan fingerprint density at radius 3 is 2.65 bits per heavy atom. The molecule has 0 aliphatic carbocycles. The number of hydrogen-bond donors (Lipinski definition) is 1. The first-order valence-electron chi connectivity index (χ1n) is 10.8. The molecular weight excluding hydrogens is 476 g/mol. The molecule has 0 bridgehead atoms. The molecule has 2 aromatic heterocycles. The van der Waals surface area contributed by atoms with Crippen molar-refractivity contribution in [3.63, 3.8) is 0 Å². The van der Waals surface area contributed by atoms with Crippen molar-refractivity contribution in [1.29, 1.82) is 0 Å². The minimum absolute atomic E-state index is 0.141. The lowest BCUT2D eigenvalue weighted by atomic mass is 9.96. The molecule has 176 valence electrons. The number of benzene rings is 2. The maximum Gasteiger partial charge on any atom is 0.275 e. The number of hydrogen-bond acceptors (Lipinski definition) is 7. The molecule has 1 fully saturated rings. The molecule has 0 saturated carbocycles. The molecule has 9 heteroatoms. The molecule has 0 spiro atoms. The smallest absolute Gasteiger partial charge is 0.275 e. The van der Waals surface area contributed by atoms with Gasteiger partial charge < -0.3 is 19.3 Å². The maximum atomic E-state index is 13.3. The summed E-state index contributed by atoms with van der Waals surface area (Å²) in [6.07, 6.45) is 2.56. The SMILES string of the molecule is COc1cc(-n2cnc3cc(-c4ccc(Cl)cc4)sc3c2=O)ccc1OCC1(O)CCOCC1. The number of nitrogens with zero attached hydrogens (tertiary/aromatic N) is 2. The third kappa shape index (κ3) is 4.54. The van der Waals surface area contributed by atoms with Crippen LogP contribution in [0.25, 0.3) is 26.3 Å². The Kier molecular flexibility index (Phi) is 6.31. The van der Waals surface area contributed by atoms with Gasteiger partial charge in [0.2, 0.25) is 0 Å². The van der Waals surface area contributed by atoms with Crippen LogP contribution >= 0.6 is 22.9 Å². The average Bonchev–Trinajstić information content (AvgIpc) is 3.29. The molecule has 1 N–H and O–H groups in total. The summed E-state index contributed by atoms with van der Waals surface area (Å²) in [5, 5.41) is 11.3. The van der Waals surface area contributed by atoms with Crippen molar-refractivity contribution in [2.24, 2.45) is 0 Å². The van der Waals surface area contributed by atoms with Crippen LogP contribution < -0.4 is 15.0 Å². The molecule has 7 nitrogen and oxygen atoms in total. The zero-order valence-electron chi connectivity index (χ0n) is 18.5. The summed E-state index contributed by atoms with van der Waals surface area (Å²) < 4.78 is 18.8. The van der Waals surface area contributed by atoms with E-state index in [1.807, 2.05) is 30.3 Å². The van der Waals surface area contributed by atoms with E-state index in [0.717, 1.165) is 10.4 Å². The van der Waals surface area contributed by atoms with Gasteiger partial charge in [0.15, 0.2) is 11.5 Å². The van der Waals surface area contributed by atoms with Gasteiger partial charge in [0.25, 0.3) is 5.56 Å². The lowest BCUT2D eigenvalue weighted by Crippen LogP contribution is -2.41. The topological polar surface area (TPSA) is 82.8 Å². The molecule has 1 saturated heterocycles. The fourth-order valence-electron chi connectivity index (χ4n) is 3.89. The highest BCUT2D eigenvalue weighted by molar-refractivity contribution is 7.22. The van der Waals surface area contributed by atoms with Gasteiger partial charge in [0, 0.05) is 42.0 Å². The molecule has 0 radical (unpaired) electrons. The van der Waals surface area contributed by atoms with Gasteiger partial charge in [-0.05, 0) is 35.9 Å². The van der Waals surface area contributed by atoms with E-state index in [-0.39, 0.29) is 12.2 Å². The number of aliphatic hydroxyl groups is 1. The van der Waals surface area contributed by atoms with Crippen LogP contribution in [0.1, 0.15) is 12.8 Å². The average molecular weight is 499 g/mol. The molecule has 1 aliphatic rings. The summed E-state index contributed by atoms with van der Waals surface area (Å²) in [5.74, 6) is 0.961. The summed E-state index contributed by atoms with van der Waals surface area (Å²) in [6, 6.07) is 14.6. The van der Waals surface area contributed by atoms with Crippen LogP contribution in [-0.4, -0.2) is 47.2 Å². The first-order valence-corrected chi connectivity index (χ1v) is 12.0. The highest BCUT2D eigenvalue weighted by Gasteiger charge is 2.31. The van der Waals surface area contributed by atoms with Gasteiger partial charge in [-0.15, -0.1) is 11.3 Å². The third-order valence-corrected chi connectivity index (χ3v) is 7.33. The largest absolute Gasteiger partial charge is 0.493 e. The molecule has 0 atom stereocenters. The fourth-order valence-corrected chi connectivity index (χ4v) is 5.06. The van der Waals surface area contributed by atoms with Crippen molar-refractivity contribution < 1.29 is 19.3 Å². The molecule has 3 heterocycles. The van der Waals surface area contributed by atoms with Crippen molar-refractivity contribution in [3.8, 4) is 27.6 Å². The van der Waals surface area contributed by atoms with Crippen LogP contribution in [-0.2, 0) is 4.74 Å². The predicted octanol–water partition coefficient (Wildman–Crippen LogP) is 4.70. The van der Waals surface area contributed by atoms with Gasteiger partial charge in [-0.3, -0.25) is 9.36 Å². The maximum absolute atomic E-state index is 13.3. The van der Waals surface area contributed by atoms with Crippen molar-refractivity contribution in [3.05, 3.63) is 70.2 Å². The Morgan fingerprint density at radius 2 is 1.91 bits per heavy atom. The third-order valence-electron chi connectivity index (χ3n) is 5.91. The Hall–Kier alpha value is -2.91. The van der Waals surface area contributed by atoms with E-state index in [1.165, 1.54) is 29.3 Å². The number of halogens is 1. The number of thiophene rings is 1. The van der Waals surface area contributed by atoms with E-state index in [0.29, 0.717) is 58.5 Å². The van der Waals surface area contributed by atoms with Gasteiger partial charge in [-0.1, -0.05) is 23.7 Å². The normalized spacial score (nSPS) is 15.4. The summed E-state index contributed by atoms with van der Waals surface area (Å²) in [5.41, 5.74) is 1.15. The molecule has 0 unspecified atom stereocenters. The van der Waals surface area contributed by atoms with Gasteiger partial charge in [-0.2, -0.15) is 0 Å². The first-order chi connectivity index (χ1) is 16.5. The number of ether oxygens (including phenoxy) is 3. The molecule has 0 amide bonds. The second kappa shape index (κ2) is 9.38. The van der Waals surface area contributed by atoms with Crippen LogP contribution in [0.15, 0.2) is 59.7 Å². The van der Waals surface area contributed by atoms with Gasteiger partial charge >= 0.3 is 0 Å². The number of methoxy groups -OCH3 is 1.